The molecule has 0 aliphatic heterocycles. The van der Waals surface area contributed by atoms with Gasteiger partial charge in [0.1, 0.15) is 11.6 Å². The van der Waals surface area contributed by atoms with E-state index in [-0.39, 0.29) is 5.54 Å². The van der Waals surface area contributed by atoms with Gasteiger partial charge in [0.25, 0.3) is 0 Å². The number of anilines is 1. The van der Waals surface area contributed by atoms with Crippen LogP contribution in [-0.2, 0) is 0 Å². The van der Waals surface area contributed by atoms with Crippen LogP contribution in [0.5, 0.6) is 5.88 Å². The zero-order valence-corrected chi connectivity index (χ0v) is 11.8. The Morgan fingerprint density at radius 1 is 1.33 bits per heavy atom. The molecule has 0 bridgehead atoms. The molecule has 18 heavy (non-hydrogen) atoms. The Labute approximate surface area is 109 Å². The third-order valence-corrected chi connectivity index (χ3v) is 2.62. The van der Waals surface area contributed by atoms with Crippen LogP contribution in [0.2, 0.25) is 0 Å². The van der Waals surface area contributed by atoms with Gasteiger partial charge in [-0.25, -0.2) is 4.98 Å². The molecule has 2 rings (SSSR count). The molecule has 1 fully saturated rings. The summed E-state index contributed by atoms with van der Waals surface area (Å²) in [6, 6.07) is 1.90. The van der Waals surface area contributed by atoms with E-state index in [1.807, 2.05) is 6.07 Å². The van der Waals surface area contributed by atoms with Crippen LogP contribution < -0.4 is 10.1 Å². The predicted octanol–water partition coefficient (Wildman–Crippen LogP) is 3.35. The smallest absolute Gasteiger partial charge is 0.218 e. The quantitative estimate of drug-likeness (QED) is 0.869. The number of hydrogen-bond donors (Lipinski definition) is 1. The molecule has 1 aliphatic carbocycles. The van der Waals surface area contributed by atoms with Crippen LogP contribution in [0.1, 0.15) is 58.7 Å². The number of aromatic nitrogens is 2. The molecule has 1 N–H and O–H groups in total. The molecule has 1 aliphatic rings. The first-order valence-electron chi connectivity index (χ1n) is 6.78. The molecule has 4 heteroatoms. The molecular weight excluding hydrogens is 226 g/mol. The van der Waals surface area contributed by atoms with Gasteiger partial charge in [-0.3, -0.25) is 0 Å². The van der Waals surface area contributed by atoms with Crippen molar-refractivity contribution in [1.29, 1.82) is 0 Å². The van der Waals surface area contributed by atoms with Crippen LogP contribution in [0.3, 0.4) is 0 Å². The highest BCUT2D eigenvalue weighted by molar-refractivity contribution is 5.41. The third-order valence-electron chi connectivity index (χ3n) is 2.62. The summed E-state index contributed by atoms with van der Waals surface area (Å²) in [5.41, 5.74) is -0.00278. The van der Waals surface area contributed by atoms with Crippen molar-refractivity contribution in [2.75, 3.05) is 11.9 Å². The van der Waals surface area contributed by atoms with Gasteiger partial charge in [0.05, 0.1) is 6.61 Å². The summed E-state index contributed by atoms with van der Waals surface area (Å²) in [7, 11) is 0. The zero-order chi connectivity index (χ0) is 13.2. The van der Waals surface area contributed by atoms with Crippen LogP contribution in [-0.4, -0.2) is 22.1 Å². The Morgan fingerprint density at radius 3 is 2.61 bits per heavy atom. The average molecular weight is 249 g/mol. The maximum atomic E-state index is 5.64. The van der Waals surface area contributed by atoms with Gasteiger partial charge in [0, 0.05) is 17.5 Å². The zero-order valence-electron chi connectivity index (χ0n) is 11.8. The standard InChI is InChI=1S/C14H23N3O/c1-5-8-18-12-9-11(17-14(2,3)4)15-13(16-12)10-6-7-10/h9-10H,5-8H2,1-4H3,(H,15,16,17). The lowest BCUT2D eigenvalue weighted by Gasteiger charge is -2.22. The second kappa shape index (κ2) is 5.12. The molecule has 4 nitrogen and oxygen atoms in total. The fourth-order valence-corrected chi connectivity index (χ4v) is 1.70. The predicted molar refractivity (Wildman–Crippen MR) is 73.2 cm³/mol. The lowest BCUT2D eigenvalue weighted by molar-refractivity contribution is 0.303. The maximum Gasteiger partial charge on any atom is 0.218 e. The topological polar surface area (TPSA) is 47.0 Å². The number of nitrogens with one attached hydrogen (secondary N) is 1. The molecule has 0 unspecified atom stereocenters. The number of nitrogens with zero attached hydrogens (tertiary/aromatic N) is 2. The van der Waals surface area contributed by atoms with E-state index in [9.17, 15) is 0 Å². The monoisotopic (exact) mass is 249 g/mol. The number of hydrogen-bond acceptors (Lipinski definition) is 4. The van der Waals surface area contributed by atoms with Gasteiger partial charge >= 0.3 is 0 Å². The lowest BCUT2D eigenvalue weighted by Crippen LogP contribution is -2.27. The highest BCUT2D eigenvalue weighted by Gasteiger charge is 2.28. The SMILES string of the molecule is CCCOc1cc(NC(C)(C)C)nc(C2CC2)n1. The first kappa shape index (κ1) is 13.1. The molecule has 1 aromatic rings. The Balaban J connectivity index is 2.19. The molecular formula is C14H23N3O. The Hall–Kier alpha value is -1.32. The minimum Gasteiger partial charge on any atom is -0.478 e. The van der Waals surface area contributed by atoms with Crippen LogP contribution in [0.15, 0.2) is 6.07 Å². The number of ether oxygens (including phenoxy) is 1. The minimum absolute atomic E-state index is 0.00278. The third kappa shape index (κ3) is 3.86. The van der Waals surface area contributed by atoms with Crippen molar-refractivity contribution in [2.24, 2.45) is 0 Å². The van der Waals surface area contributed by atoms with Crippen LogP contribution >= 0.6 is 0 Å². The summed E-state index contributed by atoms with van der Waals surface area (Å²) in [5, 5.41) is 3.39. The maximum absolute atomic E-state index is 5.64. The Kier molecular flexibility index (Phi) is 3.73. The molecule has 1 saturated carbocycles. The van der Waals surface area contributed by atoms with Gasteiger partial charge in [-0.2, -0.15) is 4.98 Å². The second-order valence-corrected chi connectivity index (χ2v) is 5.95. The molecule has 0 amide bonds. The summed E-state index contributed by atoms with van der Waals surface area (Å²) in [6.07, 6.45) is 3.39. The van der Waals surface area contributed by atoms with E-state index in [1.165, 1.54) is 12.8 Å². The molecule has 0 radical (unpaired) electrons. The van der Waals surface area contributed by atoms with Crippen LogP contribution in [0, 0.1) is 0 Å². The number of rotatable bonds is 5. The first-order valence-corrected chi connectivity index (χ1v) is 6.78. The highest BCUT2D eigenvalue weighted by Crippen LogP contribution is 2.39. The molecule has 0 saturated heterocycles. The van der Waals surface area contributed by atoms with Gasteiger partial charge in [-0.05, 0) is 40.0 Å². The molecule has 0 aromatic carbocycles. The molecule has 1 heterocycles. The minimum atomic E-state index is -0.00278. The Morgan fingerprint density at radius 2 is 2.06 bits per heavy atom. The van der Waals surface area contributed by atoms with Gasteiger partial charge in [-0.15, -0.1) is 0 Å². The van der Waals surface area contributed by atoms with E-state index < -0.39 is 0 Å². The second-order valence-electron chi connectivity index (χ2n) is 5.95. The van der Waals surface area contributed by atoms with Crippen molar-refractivity contribution in [3.8, 4) is 5.88 Å². The molecule has 1 aromatic heterocycles. The lowest BCUT2D eigenvalue weighted by atomic mass is 10.1. The van der Waals surface area contributed by atoms with E-state index in [0.29, 0.717) is 18.4 Å². The van der Waals surface area contributed by atoms with Gasteiger partial charge in [0.15, 0.2) is 0 Å². The molecule has 0 atom stereocenters. The summed E-state index contributed by atoms with van der Waals surface area (Å²) in [4.78, 5) is 9.08. The summed E-state index contributed by atoms with van der Waals surface area (Å²) < 4.78 is 5.64. The van der Waals surface area contributed by atoms with E-state index in [1.54, 1.807) is 0 Å². The van der Waals surface area contributed by atoms with Gasteiger partial charge < -0.3 is 10.1 Å². The van der Waals surface area contributed by atoms with E-state index >= 15 is 0 Å². The van der Waals surface area contributed by atoms with E-state index in [0.717, 1.165) is 18.1 Å². The van der Waals surface area contributed by atoms with Crippen molar-refractivity contribution in [3.63, 3.8) is 0 Å². The normalized spacial score (nSPS) is 15.6. The summed E-state index contributed by atoms with van der Waals surface area (Å²) in [6.45, 7) is 9.17. The van der Waals surface area contributed by atoms with Crippen molar-refractivity contribution in [3.05, 3.63) is 11.9 Å². The summed E-state index contributed by atoms with van der Waals surface area (Å²) >= 11 is 0. The van der Waals surface area contributed by atoms with Crippen molar-refractivity contribution < 1.29 is 4.74 Å². The first-order chi connectivity index (χ1) is 8.48. The van der Waals surface area contributed by atoms with Crippen molar-refractivity contribution in [1.82, 2.24) is 9.97 Å². The van der Waals surface area contributed by atoms with E-state index in [4.69, 9.17) is 4.74 Å². The average Bonchev–Trinajstić information content (AvgIpc) is 3.07. The fourth-order valence-electron chi connectivity index (χ4n) is 1.70. The van der Waals surface area contributed by atoms with Crippen molar-refractivity contribution in [2.45, 2.75) is 58.4 Å². The Bertz CT molecular complexity index is 408. The summed E-state index contributed by atoms with van der Waals surface area (Å²) in [5.74, 6) is 3.03. The van der Waals surface area contributed by atoms with E-state index in [2.05, 4.69) is 43.0 Å². The fraction of sp³-hybridized carbons (Fsp3) is 0.714. The molecule has 0 spiro atoms. The van der Waals surface area contributed by atoms with Crippen LogP contribution in [0.25, 0.3) is 0 Å². The molecule has 100 valence electrons. The van der Waals surface area contributed by atoms with Crippen LogP contribution in [0.4, 0.5) is 5.82 Å². The van der Waals surface area contributed by atoms with Crippen molar-refractivity contribution >= 4 is 5.82 Å². The largest absolute Gasteiger partial charge is 0.478 e. The van der Waals surface area contributed by atoms with Gasteiger partial charge in [-0.1, -0.05) is 6.92 Å². The van der Waals surface area contributed by atoms with Gasteiger partial charge in [0.2, 0.25) is 5.88 Å². The highest BCUT2D eigenvalue weighted by atomic mass is 16.5.